The summed E-state index contributed by atoms with van der Waals surface area (Å²) >= 11 is 0. The highest BCUT2D eigenvalue weighted by Gasteiger charge is 2.04. The van der Waals surface area contributed by atoms with Gasteiger partial charge in [0.15, 0.2) is 0 Å². The molecule has 0 aromatic rings. The summed E-state index contributed by atoms with van der Waals surface area (Å²) in [7, 11) is 8.57. The van der Waals surface area contributed by atoms with Crippen molar-refractivity contribution in [2.24, 2.45) is 0 Å². The SMILES string of the molecule is CCC(CCCN(C)CCCN(C)C)NC. The number of nitrogens with zero attached hydrogens (tertiary/aromatic N) is 2. The third-order valence-electron chi connectivity index (χ3n) is 3.14. The second-order valence-corrected chi connectivity index (χ2v) is 5.00. The van der Waals surface area contributed by atoms with E-state index in [1.165, 1.54) is 45.3 Å². The molecule has 0 spiro atoms. The summed E-state index contributed by atoms with van der Waals surface area (Å²) in [6.07, 6.45) is 5.11. The minimum atomic E-state index is 0.704. The van der Waals surface area contributed by atoms with Gasteiger partial charge in [-0.15, -0.1) is 0 Å². The van der Waals surface area contributed by atoms with Crippen LogP contribution in [0.5, 0.6) is 0 Å². The highest BCUT2D eigenvalue weighted by molar-refractivity contribution is 4.63. The predicted molar refractivity (Wildman–Crippen MR) is 73.0 cm³/mol. The Morgan fingerprint density at radius 3 is 2.12 bits per heavy atom. The molecule has 0 saturated heterocycles. The average Bonchev–Trinajstić information content (AvgIpc) is 2.24. The molecule has 1 atom stereocenters. The summed E-state index contributed by atoms with van der Waals surface area (Å²) in [6.45, 7) is 5.89. The molecule has 98 valence electrons. The molecule has 0 radical (unpaired) electrons. The second-order valence-electron chi connectivity index (χ2n) is 5.00. The van der Waals surface area contributed by atoms with Gasteiger partial charge in [-0.3, -0.25) is 0 Å². The summed E-state index contributed by atoms with van der Waals surface area (Å²) in [5.74, 6) is 0. The lowest BCUT2D eigenvalue weighted by molar-refractivity contribution is 0.290. The Kier molecular flexibility index (Phi) is 9.99. The van der Waals surface area contributed by atoms with Crippen LogP contribution >= 0.6 is 0 Å². The largest absolute Gasteiger partial charge is 0.317 e. The molecular weight excluding hydrogens is 198 g/mol. The first-order valence-corrected chi connectivity index (χ1v) is 6.60. The molecule has 0 aliphatic heterocycles. The summed E-state index contributed by atoms with van der Waals surface area (Å²) in [5.41, 5.74) is 0. The maximum atomic E-state index is 3.36. The quantitative estimate of drug-likeness (QED) is 0.614. The lowest BCUT2D eigenvalue weighted by Crippen LogP contribution is -2.28. The monoisotopic (exact) mass is 229 g/mol. The molecule has 0 rings (SSSR count). The fourth-order valence-corrected chi connectivity index (χ4v) is 1.93. The van der Waals surface area contributed by atoms with Gasteiger partial charge in [-0.2, -0.15) is 0 Å². The van der Waals surface area contributed by atoms with Crippen molar-refractivity contribution in [3.8, 4) is 0 Å². The maximum Gasteiger partial charge on any atom is 0.00619 e. The molecule has 0 aromatic heterocycles. The van der Waals surface area contributed by atoms with Gasteiger partial charge in [-0.1, -0.05) is 6.92 Å². The molecule has 0 aliphatic rings. The molecule has 0 amide bonds. The average molecular weight is 229 g/mol. The third kappa shape index (κ3) is 9.13. The van der Waals surface area contributed by atoms with Crippen molar-refractivity contribution in [3.63, 3.8) is 0 Å². The minimum Gasteiger partial charge on any atom is -0.317 e. The Morgan fingerprint density at radius 1 is 1.00 bits per heavy atom. The van der Waals surface area contributed by atoms with Crippen molar-refractivity contribution in [1.82, 2.24) is 15.1 Å². The summed E-state index contributed by atoms with van der Waals surface area (Å²) in [5, 5.41) is 3.36. The Bertz CT molecular complexity index is 144. The predicted octanol–water partition coefficient (Wildman–Crippen LogP) is 1.65. The van der Waals surface area contributed by atoms with Crippen LogP contribution in [0.4, 0.5) is 0 Å². The van der Waals surface area contributed by atoms with Crippen LogP contribution in [0.1, 0.15) is 32.6 Å². The molecular formula is C13H31N3. The van der Waals surface area contributed by atoms with E-state index in [-0.39, 0.29) is 0 Å². The lowest BCUT2D eigenvalue weighted by atomic mass is 10.1. The van der Waals surface area contributed by atoms with E-state index in [1.54, 1.807) is 0 Å². The normalized spacial score (nSPS) is 13.7. The van der Waals surface area contributed by atoms with E-state index in [2.05, 4.69) is 50.2 Å². The van der Waals surface area contributed by atoms with Crippen LogP contribution < -0.4 is 5.32 Å². The van der Waals surface area contributed by atoms with E-state index < -0.39 is 0 Å². The molecule has 0 aliphatic carbocycles. The van der Waals surface area contributed by atoms with Gasteiger partial charge in [0.25, 0.3) is 0 Å². The van der Waals surface area contributed by atoms with Crippen LogP contribution in [0.15, 0.2) is 0 Å². The van der Waals surface area contributed by atoms with Crippen LogP contribution in [0.2, 0.25) is 0 Å². The zero-order valence-corrected chi connectivity index (χ0v) is 11.9. The Balaban J connectivity index is 3.39. The molecule has 0 saturated carbocycles. The first kappa shape index (κ1) is 15.9. The number of hydrogen-bond acceptors (Lipinski definition) is 3. The summed E-state index contributed by atoms with van der Waals surface area (Å²) < 4.78 is 0. The van der Waals surface area contributed by atoms with E-state index in [4.69, 9.17) is 0 Å². The van der Waals surface area contributed by atoms with E-state index in [9.17, 15) is 0 Å². The van der Waals surface area contributed by atoms with Gasteiger partial charge in [-0.05, 0) is 73.5 Å². The van der Waals surface area contributed by atoms with Crippen molar-refractivity contribution in [1.29, 1.82) is 0 Å². The fourth-order valence-electron chi connectivity index (χ4n) is 1.93. The van der Waals surface area contributed by atoms with Crippen molar-refractivity contribution in [3.05, 3.63) is 0 Å². The molecule has 0 fully saturated rings. The van der Waals surface area contributed by atoms with Gasteiger partial charge in [0, 0.05) is 6.04 Å². The minimum absolute atomic E-state index is 0.704. The first-order valence-electron chi connectivity index (χ1n) is 6.60. The van der Waals surface area contributed by atoms with Crippen LogP contribution in [0, 0.1) is 0 Å². The van der Waals surface area contributed by atoms with Gasteiger partial charge in [0.05, 0.1) is 0 Å². The zero-order chi connectivity index (χ0) is 12.4. The van der Waals surface area contributed by atoms with E-state index in [0.29, 0.717) is 6.04 Å². The maximum absolute atomic E-state index is 3.36. The first-order chi connectivity index (χ1) is 7.60. The number of nitrogens with one attached hydrogen (secondary N) is 1. The standard InChI is InChI=1S/C13H31N3/c1-6-13(14-2)9-7-11-16(5)12-8-10-15(3)4/h13-14H,6-12H2,1-5H3. The van der Waals surface area contributed by atoms with Crippen LogP contribution in [0.3, 0.4) is 0 Å². The van der Waals surface area contributed by atoms with Gasteiger partial charge in [0.2, 0.25) is 0 Å². The highest BCUT2D eigenvalue weighted by atomic mass is 15.1. The van der Waals surface area contributed by atoms with Crippen LogP contribution in [0.25, 0.3) is 0 Å². The zero-order valence-electron chi connectivity index (χ0n) is 11.9. The van der Waals surface area contributed by atoms with E-state index in [0.717, 1.165) is 0 Å². The molecule has 0 heterocycles. The molecule has 3 heteroatoms. The molecule has 0 bridgehead atoms. The Labute approximate surface area is 102 Å². The summed E-state index contributed by atoms with van der Waals surface area (Å²) in [6, 6.07) is 0.704. The molecule has 1 N–H and O–H groups in total. The smallest absolute Gasteiger partial charge is 0.00619 e. The van der Waals surface area contributed by atoms with E-state index in [1.807, 2.05) is 0 Å². The van der Waals surface area contributed by atoms with Gasteiger partial charge in [-0.25, -0.2) is 0 Å². The highest BCUT2D eigenvalue weighted by Crippen LogP contribution is 2.02. The summed E-state index contributed by atoms with van der Waals surface area (Å²) in [4.78, 5) is 4.70. The van der Waals surface area contributed by atoms with Crippen molar-refractivity contribution in [2.45, 2.75) is 38.6 Å². The van der Waals surface area contributed by atoms with Crippen LogP contribution in [-0.4, -0.2) is 63.7 Å². The third-order valence-corrected chi connectivity index (χ3v) is 3.14. The number of rotatable bonds is 10. The van der Waals surface area contributed by atoms with Crippen molar-refractivity contribution < 1.29 is 0 Å². The van der Waals surface area contributed by atoms with Crippen molar-refractivity contribution >= 4 is 0 Å². The van der Waals surface area contributed by atoms with Gasteiger partial charge >= 0.3 is 0 Å². The molecule has 3 nitrogen and oxygen atoms in total. The Hall–Kier alpha value is -0.120. The van der Waals surface area contributed by atoms with Crippen LogP contribution in [-0.2, 0) is 0 Å². The van der Waals surface area contributed by atoms with Gasteiger partial charge in [0.1, 0.15) is 0 Å². The Morgan fingerprint density at radius 2 is 1.62 bits per heavy atom. The van der Waals surface area contributed by atoms with Crippen molar-refractivity contribution in [2.75, 3.05) is 47.8 Å². The lowest BCUT2D eigenvalue weighted by Gasteiger charge is -2.19. The molecule has 1 unspecified atom stereocenters. The number of hydrogen-bond donors (Lipinski definition) is 1. The second kappa shape index (κ2) is 10.1. The van der Waals surface area contributed by atoms with E-state index >= 15 is 0 Å². The molecule has 16 heavy (non-hydrogen) atoms. The molecule has 0 aromatic carbocycles. The topological polar surface area (TPSA) is 18.5 Å². The van der Waals surface area contributed by atoms with Gasteiger partial charge < -0.3 is 15.1 Å². The fraction of sp³-hybridized carbons (Fsp3) is 1.00.